The zero-order valence-electron chi connectivity index (χ0n) is 15.9. The Morgan fingerprint density at radius 1 is 1.29 bits per heavy atom. The first kappa shape index (κ1) is 18.4. The summed E-state index contributed by atoms with van der Waals surface area (Å²) < 4.78 is 0. The third-order valence-electron chi connectivity index (χ3n) is 4.69. The molecule has 0 fully saturated rings. The van der Waals surface area contributed by atoms with E-state index in [1.54, 1.807) is 6.92 Å². The fourth-order valence-electron chi connectivity index (χ4n) is 3.37. The van der Waals surface area contributed by atoms with Crippen LogP contribution in [-0.4, -0.2) is 25.8 Å². The molecule has 1 atom stereocenters. The normalized spacial score (nSPS) is 12.7. The number of carbonyl (C=O) groups is 1. The summed E-state index contributed by atoms with van der Waals surface area (Å²) in [5.74, 6) is 0.885. The molecule has 144 valence electrons. The van der Waals surface area contributed by atoms with Crippen molar-refractivity contribution in [2.45, 2.75) is 33.2 Å². The van der Waals surface area contributed by atoms with Gasteiger partial charge in [0.05, 0.1) is 33.7 Å². The van der Waals surface area contributed by atoms with Gasteiger partial charge in [0.1, 0.15) is 10.7 Å². The van der Waals surface area contributed by atoms with Gasteiger partial charge in [-0.3, -0.25) is 9.59 Å². The summed E-state index contributed by atoms with van der Waals surface area (Å²) in [7, 11) is 0. The SMILES string of the molecule is Cc1c(C(=O)N[C@H](CC(C)C)c2nc3ccccc3[nH]2)sc2nc[nH]c(=O)c12. The number of para-hydroxylation sites is 2. The Kier molecular flexibility index (Phi) is 4.72. The summed E-state index contributed by atoms with van der Waals surface area (Å²) in [6, 6.07) is 7.54. The van der Waals surface area contributed by atoms with Gasteiger partial charge >= 0.3 is 0 Å². The Bertz CT molecular complexity index is 1190. The third kappa shape index (κ3) is 3.31. The molecule has 3 heterocycles. The zero-order valence-corrected chi connectivity index (χ0v) is 16.7. The van der Waals surface area contributed by atoms with Crippen molar-refractivity contribution in [1.29, 1.82) is 0 Å². The standard InChI is InChI=1S/C20H21N5O2S/c1-10(2)8-14(17-23-12-6-4-5-7-13(12)24-17)25-19(27)16-11(3)15-18(26)21-9-22-20(15)28-16/h4-7,9-10,14H,8H2,1-3H3,(H,23,24)(H,25,27)(H,21,22,26)/t14-/m1/s1. The number of rotatable bonds is 5. The molecule has 0 bridgehead atoms. The van der Waals surface area contributed by atoms with Crippen LogP contribution < -0.4 is 10.9 Å². The summed E-state index contributed by atoms with van der Waals surface area (Å²) in [5.41, 5.74) is 2.23. The van der Waals surface area contributed by atoms with Crippen molar-refractivity contribution in [2.24, 2.45) is 5.92 Å². The number of hydrogen-bond acceptors (Lipinski definition) is 5. The summed E-state index contributed by atoms with van der Waals surface area (Å²) in [6.07, 6.45) is 2.10. The highest BCUT2D eigenvalue weighted by molar-refractivity contribution is 7.20. The highest BCUT2D eigenvalue weighted by atomic mass is 32.1. The third-order valence-corrected chi connectivity index (χ3v) is 5.89. The van der Waals surface area contributed by atoms with Gasteiger partial charge < -0.3 is 15.3 Å². The number of aromatic nitrogens is 4. The maximum absolute atomic E-state index is 13.0. The number of hydrogen-bond donors (Lipinski definition) is 3. The quantitative estimate of drug-likeness (QED) is 0.479. The van der Waals surface area contributed by atoms with Gasteiger partial charge in [-0.05, 0) is 37.0 Å². The molecule has 0 saturated carbocycles. The van der Waals surface area contributed by atoms with Crippen molar-refractivity contribution in [1.82, 2.24) is 25.3 Å². The molecule has 4 rings (SSSR count). The predicted octanol–water partition coefficient (Wildman–Crippen LogP) is 3.69. The number of imidazole rings is 1. The number of aryl methyl sites for hydroxylation is 1. The lowest BCUT2D eigenvalue weighted by Crippen LogP contribution is -2.30. The van der Waals surface area contributed by atoms with Gasteiger partial charge in [-0.2, -0.15) is 0 Å². The maximum atomic E-state index is 13.0. The van der Waals surface area contributed by atoms with Crippen molar-refractivity contribution in [3.63, 3.8) is 0 Å². The van der Waals surface area contributed by atoms with E-state index in [1.165, 1.54) is 17.7 Å². The molecule has 0 unspecified atom stereocenters. The number of carbonyl (C=O) groups excluding carboxylic acids is 1. The van der Waals surface area contributed by atoms with Gasteiger partial charge in [-0.25, -0.2) is 9.97 Å². The van der Waals surface area contributed by atoms with Crippen molar-refractivity contribution >= 4 is 38.5 Å². The minimum atomic E-state index is -0.254. The second-order valence-corrected chi connectivity index (χ2v) is 8.26. The predicted molar refractivity (Wildman–Crippen MR) is 111 cm³/mol. The molecule has 1 aromatic carbocycles. The largest absolute Gasteiger partial charge is 0.341 e. The van der Waals surface area contributed by atoms with E-state index >= 15 is 0 Å². The molecule has 8 heteroatoms. The molecule has 0 saturated heterocycles. The average Bonchev–Trinajstić information content (AvgIpc) is 3.23. The molecule has 3 N–H and O–H groups in total. The number of aromatic amines is 2. The van der Waals surface area contributed by atoms with Crippen molar-refractivity contribution in [3.05, 3.63) is 57.2 Å². The molecule has 1 amide bonds. The molecule has 28 heavy (non-hydrogen) atoms. The van der Waals surface area contributed by atoms with Crippen LogP contribution in [0.25, 0.3) is 21.3 Å². The van der Waals surface area contributed by atoms with E-state index in [2.05, 4.69) is 39.1 Å². The lowest BCUT2D eigenvalue weighted by atomic mass is 10.0. The van der Waals surface area contributed by atoms with Gasteiger partial charge in [-0.1, -0.05) is 26.0 Å². The maximum Gasteiger partial charge on any atom is 0.262 e. The molecule has 0 aliphatic rings. The number of thiophene rings is 1. The first-order chi connectivity index (χ1) is 13.4. The van der Waals surface area contributed by atoms with Crippen LogP contribution in [0.3, 0.4) is 0 Å². The van der Waals surface area contributed by atoms with E-state index in [1.807, 2.05) is 24.3 Å². The molecular formula is C20H21N5O2S. The zero-order chi connectivity index (χ0) is 19.8. The Morgan fingerprint density at radius 3 is 2.79 bits per heavy atom. The van der Waals surface area contributed by atoms with Crippen LogP contribution in [0.2, 0.25) is 0 Å². The number of nitrogens with one attached hydrogen (secondary N) is 3. The van der Waals surface area contributed by atoms with E-state index in [4.69, 9.17) is 0 Å². The van der Waals surface area contributed by atoms with Crippen LogP contribution in [0.15, 0.2) is 35.4 Å². The van der Waals surface area contributed by atoms with Gasteiger partial charge in [-0.15, -0.1) is 11.3 Å². The molecular weight excluding hydrogens is 374 g/mol. The summed E-state index contributed by atoms with van der Waals surface area (Å²) in [6.45, 7) is 6.00. The molecule has 3 aromatic heterocycles. The number of nitrogens with zero attached hydrogens (tertiary/aromatic N) is 2. The second kappa shape index (κ2) is 7.20. The Labute approximate surface area is 165 Å². The Hall–Kier alpha value is -3.00. The fraction of sp³-hybridized carbons (Fsp3) is 0.300. The lowest BCUT2D eigenvalue weighted by molar-refractivity contribution is 0.0933. The topological polar surface area (TPSA) is 104 Å². The lowest BCUT2D eigenvalue weighted by Gasteiger charge is -2.18. The highest BCUT2D eigenvalue weighted by Crippen LogP contribution is 2.28. The van der Waals surface area contributed by atoms with E-state index in [-0.39, 0.29) is 17.5 Å². The molecule has 0 aliphatic heterocycles. The van der Waals surface area contributed by atoms with Gasteiger partial charge in [0, 0.05) is 0 Å². The van der Waals surface area contributed by atoms with Crippen LogP contribution in [0, 0.1) is 12.8 Å². The molecule has 0 spiro atoms. The monoisotopic (exact) mass is 395 g/mol. The van der Waals surface area contributed by atoms with E-state index in [0.29, 0.717) is 26.6 Å². The van der Waals surface area contributed by atoms with Crippen LogP contribution in [-0.2, 0) is 0 Å². The number of amides is 1. The average molecular weight is 395 g/mol. The van der Waals surface area contributed by atoms with Gasteiger partial charge in [0.2, 0.25) is 0 Å². The number of fused-ring (bicyclic) bond motifs is 2. The minimum absolute atomic E-state index is 0.217. The van der Waals surface area contributed by atoms with Crippen molar-refractivity contribution in [2.75, 3.05) is 0 Å². The van der Waals surface area contributed by atoms with E-state index in [9.17, 15) is 9.59 Å². The van der Waals surface area contributed by atoms with E-state index in [0.717, 1.165) is 23.3 Å². The first-order valence-electron chi connectivity index (χ1n) is 9.16. The van der Waals surface area contributed by atoms with Crippen molar-refractivity contribution < 1.29 is 4.79 Å². The molecule has 0 radical (unpaired) electrons. The number of H-pyrrole nitrogens is 2. The van der Waals surface area contributed by atoms with Gasteiger partial charge in [0.25, 0.3) is 11.5 Å². The van der Waals surface area contributed by atoms with Crippen LogP contribution in [0.1, 0.15) is 47.4 Å². The second-order valence-electron chi connectivity index (χ2n) is 7.26. The van der Waals surface area contributed by atoms with Gasteiger partial charge in [0.15, 0.2) is 0 Å². The van der Waals surface area contributed by atoms with Crippen molar-refractivity contribution in [3.8, 4) is 0 Å². The Morgan fingerprint density at radius 2 is 2.07 bits per heavy atom. The van der Waals surface area contributed by atoms with E-state index < -0.39 is 0 Å². The van der Waals surface area contributed by atoms with Crippen LogP contribution >= 0.6 is 11.3 Å². The summed E-state index contributed by atoms with van der Waals surface area (Å²) in [4.78, 5) is 40.9. The molecule has 4 aromatic rings. The van der Waals surface area contributed by atoms with Crippen LogP contribution in [0.4, 0.5) is 0 Å². The highest BCUT2D eigenvalue weighted by Gasteiger charge is 2.24. The summed E-state index contributed by atoms with van der Waals surface area (Å²) in [5, 5.41) is 3.57. The minimum Gasteiger partial charge on any atom is -0.341 e. The van der Waals surface area contributed by atoms with Crippen LogP contribution in [0.5, 0.6) is 0 Å². The fourth-order valence-corrected chi connectivity index (χ4v) is 4.42. The molecule has 7 nitrogen and oxygen atoms in total. The molecule has 0 aliphatic carbocycles. The summed E-state index contributed by atoms with van der Waals surface area (Å²) >= 11 is 1.23. The number of benzene rings is 1. The first-order valence-corrected chi connectivity index (χ1v) is 9.98. The smallest absolute Gasteiger partial charge is 0.262 e. The Balaban J connectivity index is 1.69.